The van der Waals surface area contributed by atoms with Gasteiger partial charge in [-0.3, -0.25) is 9.13 Å². The summed E-state index contributed by atoms with van der Waals surface area (Å²) in [6.45, 7) is 14.8. The van der Waals surface area contributed by atoms with E-state index in [0.29, 0.717) is 57.4 Å². The van der Waals surface area contributed by atoms with Gasteiger partial charge in [0, 0.05) is 24.8 Å². The Morgan fingerprint density at radius 1 is 0.524 bits per heavy atom. The maximum absolute atomic E-state index is 13.9. The number of para-hydroxylation sites is 2. The summed E-state index contributed by atoms with van der Waals surface area (Å²) < 4.78 is 122. The predicted octanol–water partition coefficient (Wildman–Crippen LogP) is 9.33. The van der Waals surface area contributed by atoms with Gasteiger partial charge in [-0.15, -0.1) is 20.4 Å². The van der Waals surface area contributed by atoms with Crippen LogP contribution in [-0.2, 0) is 40.7 Å². The second kappa shape index (κ2) is 25.6. The van der Waals surface area contributed by atoms with Crippen LogP contribution in [0, 0.1) is 25.5 Å². The molecule has 6 heterocycles. The molecule has 24 heteroatoms. The van der Waals surface area contributed by atoms with Crippen molar-refractivity contribution in [3.63, 3.8) is 0 Å². The molecule has 0 radical (unpaired) electrons. The Bertz CT molecular complexity index is 3430. The highest BCUT2D eigenvalue weighted by molar-refractivity contribution is 7.91. The summed E-state index contributed by atoms with van der Waals surface area (Å²) in [7, 11) is -7.71. The molecule has 432 valence electrons. The third-order valence-corrected chi connectivity index (χ3v) is 17.6. The van der Waals surface area contributed by atoms with Crippen molar-refractivity contribution in [1.82, 2.24) is 49.5 Å². The van der Waals surface area contributed by atoms with Crippen LogP contribution >= 0.6 is 0 Å². The minimum absolute atomic E-state index is 0.115. The van der Waals surface area contributed by atoms with E-state index >= 15 is 0 Å². The van der Waals surface area contributed by atoms with E-state index in [4.69, 9.17) is 28.4 Å². The van der Waals surface area contributed by atoms with Gasteiger partial charge in [0.15, 0.2) is 43.0 Å². The van der Waals surface area contributed by atoms with Crippen LogP contribution in [0.15, 0.2) is 122 Å². The second-order valence-electron chi connectivity index (χ2n) is 20.5. The molecule has 0 bridgehead atoms. The number of benzene rings is 4. The van der Waals surface area contributed by atoms with Crippen molar-refractivity contribution in [3.05, 3.63) is 168 Å². The minimum Gasteiger partial charge on any atom is -0.491 e. The molecule has 10 rings (SSSR count). The smallest absolute Gasteiger partial charge is 0.168 e. The van der Waals surface area contributed by atoms with Crippen LogP contribution in [0.3, 0.4) is 0 Å². The Hall–Kier alpha value is -7.80. The number of hydrogen-bond donors (Lipinski definition) is 0. The summed E-state index contributed by atoms with van der Waals surface area (Å²) in [5.41, 5.74) is 3.09. The molecule has 0 saturated carbocycles. The van der Waals surface area contributed by atoms with Crippen molar-refractivity contribution >= 4 is 19.7 Å². The first kappa shape index (κ1) is 58.8. The van der Waals surface area contributed by atoms with E-state index in [1.54, 1.807) is 47.8 Å². The van der Waals surface area contributed by atoms with Gasteiger partial charge in [0.2, 0.25) is 0 Å². The van der Waals surface area contributed by atoms with Gasteiger partial charge in [-0.05, 0) is 139 Å². The molecule has 2 aliphatic rings. The van der Waals surface area contributed by atoms with E-state index in [0.717, 1.165) is 11.1 Å². The molecular formula is C58H64F2N10O10S2. The van der Waals surface area contributed by atoms with Crippen molar-refractivity contribution in [3.8, 4) is 45.8 Å². The fourth-order valence-electron chi connectivity index (χ4n) is 9.19. The Kier molecular flexibility index (Phi) is 18.3. The first-order valence-corrected chi connectivity index (χ1v) is 30.1. The van der Waals surface area contributed by atoms with Crippen LogP contribution < -0.4 is 18.9 Å². The molecule has 0 saturated heterocycles. The van der Waals surface area contributed by atoms with Crippen molar-refractivity contribution in [2.24, 2.45) is 0 Å². The molecule has 0 N–H and O–H groups in total. The van der Waals surface area contributed by atoms with Crippen LogP contribution in [0.1, 0.15) is 100 Å². The Morgan fingerprint density at radius 2 is 0.878 bits per heavy atom. The average molecular weight is 1160 g/mol. The maximum atomic E-state index is 13.9. The number of hydrogen-bond acceptors (Lipinski definition) is 18. The molecule has 0 unspecified atom stereocenters. The zero-order valence-corrected chi connectivity index (χ0v) is 48.2. The molecule has 6 atom stereocenters. The quantitative estimate of drug-likeness (QED) is 0.0691. The number of fused-ring (bicyclic) bond motifs is 6. The number of ether oxygens (including phenoxy) is 6. The van der Waals surface area contributed by atoms with Crippen molar-refractivity contribution in [1.29, 1.82) is 0 Å². The second-order valence-corrected chi connectivity index (χ2v) is 25.3. The van der Waals surface area contributed by atoms with Crippen molar-refractivity contribution in [2.45, 2.75) is 114 Å². The van der Waals surface area contributed by atoms with Crippen LogP contribution in [-0.4, -0.2) is 115 Å². The first-order chi connectivity index (χ1) is 39.2. The topological polar surface area (TPSA) is 237 Å². The van der Waals surface area contributed by atoms with Crippen LogP contribution in [0.4, 0.5) is 8.78 Å². The van der Waals surface area contributed by atoms with Gasteiger partial charge in [0.1, 0.15) is 109 Å². The van der Waals surface area contributed by atoms with E-state index in [1.807, 2.05) is 90.1 Å². The van der Waals surface area contributed by atoms with Gasteiger partial charge < -0.3 is 28.4 Å². The lowest BCUT2D eigenvalue weighted by Gasteiger charge is -2.25. The Labute approximate surface area is 475 Å². The fraction of sp³-hybridized carbons (Fsp3) is 0.379. The molecule has 20 nitrogen and oxygen atoms in total. The standard InChI is InChI=1S/2C29H32FN5O5S/c2*1-18(2)40-27(28-31-13-19(3)14-32-28)20(4)41(36,37)17-26-33-34-29-24-7-5-6-8-25(24)39-16-22(35(26)29)15-38-23-11-9-21(30)10-12-23/h2*5-14,18,20,22,27H,15-17H2,1-4H3/t20-,22+,27+;20-,22-,27+/m00/s1. The highest BCUT2D eigenvalue weighted by Gasteiger charge is 2.39. The summed E-state index contributed by atoms with van der Waals surface area (Å²) in [6.07, 6.45) is 4.28. The summed E-state index contributed by atoms with van der Waals surface area (Å²) in [5.74, 6) is 2.64. The van der Waals surface area contributed by atoms with E-state index in [1.165, 1.54) is 48.5 Å². The zero-order chi connectivity index (χ0) is 58.3. The van der Waals surface area contributed by atoms with Gasteiger partial charge in [-0.25, -0.2) is 45.6 Å². The molecule has 0 spiro atoms. The Balaban J connectivity index is 0.000000198. The van der Waals surface area contributed by atoms with E-state index in [9.17, 15) is 25.6 Å². The van der Waals surface area contributed by atoms with E-state index in [-0.39, 0.29) is 61.9 Å². The van der Waals surface area contributed by atoms with Crippen LogP contribution in [0.25, 0.3) is 22.8 Å². The molecule has 82 heavy (non-hydrogen) atoms. The van der Waals surface area contributed by atoms with Crippen molar-refractivity contribution in [2.75, 3.05) is 26.4 Å². The summed E-state index contributed by atoms with van der Waals surface area (Å²) >= 11 is 0. The number of rotatable bonds is 20. The molecule has 4 aromatic carbocycles. The third-order valence-electron chi connectivity index (χ3n) is 13.5. The molecular weight excluding hydrogens is 1100 g/mol. The lowest BCUT2D eigenvalue weighted by molar-refractivity contribution is 0.00119. The van der Waals surface area contributed by atoms with E-state index in [2.05, 4.69) is 40.3 Å². The van der Waals surface area contributed by atoms with Gasteiger partial charge in [-0.1, -0.05) is 24.3 Å². The molecule has 0 amide bonds. The molecule has 4 aromatic heterocycles. The van der Waals surface area contributed by atoms with Crippen molar-refractivity contribution < 1.29 is 54.0 Å². The molecule has 0 aliphatic carbocycles. The monoisotopic (exact) mass is 1160 g/mol. The molecule has 0 fully saturated rings. The average Bonchev–Trinajstić information content (AvgIpc) is 3.53. The highest BCUT2D eigenvalue weighted by atomic mass is 32.2. The maximum Gasteiger partial charge on any atom is 0.168 e. The predicted molar refractivity (Wildman–Crippen MR) is 299 cm³/mol. The van der Waals surface area contributed by atoms with Gasteiger partial charge in [0.05, 0.1) is 33.8 Å². The van der Waals surface area contributed by atoms with Gasteiger partial charge in [-0.2, -0.15) is 0 Å². The SMILES string of the molecule is Cc1cnc([C@H](OC(C)C)[C@H](C)S(=O)(=O)Cc2nnc3n2[C@@H](COc2ccc(F)cc2)COc2ccccc2-3)nc1.Cc1cnc([C@H](OC(C)C)[C@H](C)S(=O)(=O)Cc2nnc3n2[C@H](COc2ccc(F)cc2)COc2ccccc2-3)nc1. The number of nitrogens with zero attached hydrogens (tertiary/aromatic N) is 10. The summed E-state index contributed by atoms with van der Waals surface area (Å²) in [6, 6.07) is 25.2. The number of sulfone groups is 2. The summed E-state index contributed by atoms with van der Waals surface area (Å²) in [5, 5.41) is 15.5. The fourth-order valence-corrected chi connectivity index (χ4v) is 12.0. The van der Waals surface area contributed by atoms with Gasteiger partial charge >= 0.3 is 0 Å². The lowest BCUT2D eigenvalue weighted by Crippen LogP contribution is -2.33. The number of aryl methyl sites for hydroxylation is 2. The minimum atomic E-state index is -3.86. The number of halogens is 2. The van der Waals surface area contributed by atoms with Crippen LogP contribution in [0.5, 0.6) is 23.0 Å². The number of aromatic nitrogens is 10. The van der Waals surface area contributed by atoms with E-state index < -0.39 is 66.0 Å². The third kappa shape index (κ3) is 13.9. The van der Waals surface area contributed by atoms with Crippen LogP contribution in [0.2, 0.25) is 0 Å². The van der Waals surface area contributed by atoms with Gasteiger partial charge in [0.25, 0.3) is 0 Å². The normalized spacial score (nSPS) is 16.3. The highest BCUT2D eigenvalue weighted by Crippen LogP contribution is 2.38. The largest absolute Gasteiger partial charge is 0.491 e. The molecule has 8 aromatic rings. The summed E-state index contributed by atoms with van der Waals surface area (Å²) in [4.78, 5) is 17.4. The zero-order valence-electron chi connectivity index (χ0n) is 46.5. The molecule has 2 aliphatic heterocycles. The lowest BCUT2D eigenvalue weighted by atomic mass is 10.2. The Morgan fingerprint density at radius 3 is 1.23 bits per heavy atom. The first-order valence-electron chi connectivity index (χ1n) is 26.6.